The molecule has 0 bridgehead atoms. The molecule has 3 aromatic rings. The van der Waals surface area contributed by atoms with Gasteiger partial charge in [0.15, 0.2) is 0 Å². The van der Waals surface area contributed by atoms with Crippen molar-refractivity contribution in [3.63, 3.8) is 0 Å². The Hall–Kier alpha value is -3.68. The normalized spacial score (nSPS) is 13.9. The average Bonchev–Trinajstić information content (AvgIpc) is 2.89. The summed E-state index contributed by atoms with van der Waals surface area (Å²) < 4.78 is 5.35. The van der Waals surface area contributed by atoms with Crippen molar-refractivity contribution in [3.8, 4) is 5.75 Å². The van der Waals surface area contributed by atoms with E-state index in [1.165, 1.54) is 0 Å². The van der Waals surface area contributed by atoms with Crippen LogP contribution in [0.4, 0.5) is 11.4 Å². The minimum atomic E-state index is -0.202. The lowest BCUT2D eigenvalue weighted by Gasteiger charge is -2.26. The van der Waals surface area contributed by atoms with E-state index in [0.717, 1.165) is 39.3 Å². The standard InChI is InChI=1S/C27H29N3O4/c31-25-13-11-24(12-14-25)30(27(33)22-5-2-1-3-6-22)23-9-7-21(8-10-23)26(32)28-15-4-16-29-17-19-34-20-18-29/h1-3,5-14,31H,4,15-20H2,(H,28,32). The van der Waals surface area contributed by atoms with Gasteiger partial charge in [0.25, 0.3) is 11.8 Å². The first-order valence-corrected chi connectivity index (χ1v) is 11.5. The zero-order chi connectivity index (χ0) is 23.8. The van der Waals surface area contributed by atoms with Crippen LogP contribution in [0.2, 0.25) is 0 Å². The second-order valence-corrected chi connectivity index (χ2v) is 8.13. The second kappa shape index (κ2) is 11.4. The van der Waals surface area contributed by atoms with Gasteiger partial charge in [-0.25, -0.2) is 0 Å². The van der Waals surface area contributed by atoms with Crippen LogP contribution in [-0.2, 0) is 4.74 Å². The van der Waals surface area contributed by atoms with Gasteiger partial charge < -0.3 is 15.2 Å². The second-order valence-electron chi connectivity index (χ2n) is 8.13. The Bertz CT molecular complexity index is 1080. The summed E-state index contributed by atoms with van der Waals surface area (Å²) in [4.78, 5) is 29.8. The smallest absolute Gasteiger partial charge is 0.262 e. The number of ether oxygens (including phenoxy) is 1. The highest BCUT2D eigenvalue weighted by molar-refractivity contribution is 6.11. The molecule has 3 aromatic carbocycles. The molecule has 1 heterocycles. The number of hydrogen-bond acceptors (Lipinski definition) is 5. The molecule has 1 aliphatic rings. The predicted molar refractivity (Wildman–Crippen MR) is 132 cm³/mol. The monoisotopic (exact) mass is 459 g/mol. The zero-order valence-electron chi connectivity index (χ0n) is 19.0. The van der Waals surface area contributed by atoms with E-state index in [-0.39, 0.29) is 17.6 Å². The molecule has 1 saturated heterocycles. The van der Waals surface area contributed by atoms with Crippen LogP contribution in [0.25, 0.3) is 0 Å². The molecule has 4 rings (SSSR count). The molecular weight excluding hydrogens is 430 g/mol. The van der Waals surface area contributed by atoms with E-state index < -0.39 is 0 Å². The molecule has 0 saturated carbocycles. The molecule has 0 aliphatic carbocycles. The molecule has 7 heteroatoms. The van der Waals surface area contributed by atoms with Crippen LogP contribution >= 0.6 is 0 Å². The van der Waals surface area contributed by atoms with Crippen molar-refractivity contribution >= 4 is 23.2 Å². The van der Waals surface area contributed by atoms with Crippen molar-refractivity contribution in [2.75, 3.05) is 44.3 Å². The Balaban J connectivity index is 1.43. The lowest BCUT2D eigenvalue weighted by atomic mass is 10.1. The molecule has 0 radical (unpaired) electrons. The number of nitrogens with one attached hydrogen (secondary N) is 1. The van der Waals surface area contributed by atoms with Crippen LogP contribution in [0.3, 0.4) is 0 Å². The van der Waals surface area contributed by atoms with Gasteiger partial charge in [0, 0.05) is 42.1 Å². The molecular formula is C27H29N3O4. The first-order chi connectivity index (χ1) is 16.6. The van der Waals surface area contributed by atoms with E-state index in [0.29, 0.717) is 29.0 Å². The highest BCUT2D eigenvalue weighted by atomic mass is 16.5. The third-order valence-corrected chi connectivity index (χ3v) is 5.76. The Kier molecular flexibility index (Phi) is 7.91. The van der Waals surface area contributed by atoms with Crippen LogP contribution in [0.15, 0.2) is 78.9 Å². The SMILES string of the molecule is O=C(NCCCN1CCOCC1)c1ccc(N(C(=O)c2ccccc2)c2ccc(O)cc2)cc1. The molecule has 2 N–H and O–H groups in total. The Morgan fingerprint density at radius 2 is 1.47 bits per heavy atom. The Labute approximate surface area is 199 Å². The molecule has 2 amide bonds. The Morgan fingerprint density at radius 3 is 2.12 bits per heavy atom. The van der Waals surface area contributed by atoms with Crippen LogP contribution in [0, 0.1) is 0 Å². The summed E-state index contributed by atoms with van der Waals surface area (Å²) in [5.41, 5.74) is 2.32. The van der Waals surface area contributed by atoms with Gasteiger partial charge in [0.05, 0.1) is 13.2 Å². The van der Waals surface area contributed by atoms with E-state index in [1.54, 1.807) is 65.6 Å². The van der Waals surface area contributed by atoms with Crippen molar-refractivity contribution in [3.05, 3.63) is 90.0 Å². The van der Waals surface area contributed by atoms with Crippen LogP contribution < -0.4 is 10.2 Å². The fourth-order valence-electron chi connectivity index (χ4n) is 3.89. The highest BCUT2D eigenvalue weighted by Gasteiger charge is 2.20. The number of amides is 2. The van der Waals surface area contributed by atoms with E-state index >= 15 is 0 Å². The average molecular weight is 460 g/mol. The summed E-state index contributed by atoms with van der Waals surface area (Å²) in [5, 5.41) is 12.6. The third-order valence-electron chi connectivity index (χ3n) is 5.76. The zero-order valence-corrected chi connectivity index (χ0v) is 19.0. The van der Waals surface area contributed by atoms with Crippen molar-refractivity contribution in [1.82, 2.24) is 10.2 Å². The molecule has 1 aliphatic heterocycles. The molecule has 0 unspecified atom stereocenters. The topological polar surface area (TPSA) is 82.1 Å². The Morgan fingerprint density at radius 1 is 0.853 bits per heavy atom. The largest absolute Gasteiger partial charge is 0.508 e. The predicted octanol–water partition coefficient (Wildman–Crippen LogP) is 3.82. The summed E-state index contributed by atoms with van der Waals surface area (Å²) in [5.74, 6) is -0.220. The summed E-state index contributed by atoms with van der Waals surface area (Å²) in [6.07, 6.45) is 0.879. The summed E-state index contributed by atoms with van der Waals surface area (Å²) in [7, 11) is 0. The van der Waals surface area contributed by atoms with Crippen LogP contribution in [0.1, 0.15) is 27.1 Å². The number of carbonyl (C=O) groups excluding carboxylic acids is 2. The number of nitrogens with zero attached hydrogens (tertiary/aromatic N) is 2. The quantitative estimate of drug-likeness (QED) is 0.501. The molecule has 176 valence electrons. The molecule has 7 nitrogen and oxygen atoms in total. The lowest BCUT2D eigenvalue weighted by Crippen LogP contribution is -2.38. The number of rotatable bonds is 8. The van der Waals surface area contributed by atoms with E-state index in [4.69, 9.17) is 4.74 Å². The highest BCUT2D eigenvalue weighted by Crippen LogP contribution is 2.29. The van der Waals surface area contributed by atoms with E-state index in [1.807, 2.05) is 18.2 Å². The van der Waals surface area contributed by atoms with Gasteiger partial charge in [-0.3, -0.25) is 19.4 Å². The lowest BCUT2D eigenvalue weighted by molar-refractivity contribution is 0.0374. The number of aromatic hydroxyl groups is 1. The van der Waals surface area contributed by atoms with Gasteiger partial charge >= 0.3 is 0 Å². The van der Waals surface area contributed by atoms with E-state index in [9.17, 15) is 14.7 Å². The number of phenolic OH excluding ortho intramolecular Hbond substituents is 1. The minimum absolute atomic E-state index is 0.122. The maximum atomic E-state index is 13.3. The summed E-state index contributed by atoms with van der Waals surface area (Å²) in [6, 6.07) is 22.4. The minimum Gasteiger partial charge on any atom is -0.508 e. The number of benzene rings is 3. The molecule has 0 spiro atoms. The summed E-state index contributed by atoms with van der Waals surface area (Å²) in [6.45, 7) is 4.96. The van der Waals surface area contributed by atoms with Crippen LogP contribution in [0.5, 0.6) is 5.75 Å². The first kappa shape index (κ1) is 23.5. The molecule has 1 fully saturated rings. The maximum absolute atomic E-state index is 13.3. The number of phenols is 1. The number of morpholine rings is 1. The van der Waals surface area contributed by atoms with Gasteiger partial charge in [-0.1, -0.05) is 18.2 Å². The fraction of sp³-hybridized carbons (Fsp3) is 0.259. The van der Waals surface area contributed by atoms with Gasteiger partial charge in [-0.15, -0.1) is 0 Å². The van der Waals surface area contributed by atoms with Crippen LogP contribution in [-0.4, -0.2) is 61.2 Å². The van der Waals surface area contributed by atoms with Gasteiger partial charge in [-0.2, -0.15) is 0 Å². The van der Waals surface area contributed by atoms with Gasteiger partial charge in [-0.05, 0) is 73.6 Å². The molecule has 0 atom stereocenters. The number of carbonyl (C=O) groups is 2. The van der Waals surface area contributed by atoms with Crippen molar-refractivity contribution in [2.24, 2.45) is 0 Å². The van der Waals surface area contributed by atoms with Crippen molar-refractivity contribution in [1.29, 1.82) is 0 Å². The van der Waals surface area contributed by atoms with Crippen molar-refractivity contribution in [2.45, 2.75) is 6.42 Å². The van der Waals surface area contributed by atoms with Gasteiger partial charge in [0.2, 0.25) is 0 Å². The summed E-state index contributed by atoms with van der Waals surface area (Å²) >= 11 is 0. The number of hydrogen-bond donors (Lipinski definition) is 2. The number of anilines is 2. The maximum Gasteiger partial charge on any atom is 0.262 e. The third kappa shape index (κ3) is 6.01. The molecule has 34 heavy (non-hydrogen) atoms. The first-order valence-electron chi connectivity index (χ1n) is 11.5. The van der Waals surface area contributed by atoms with E-state index in [2.05, 4.69) is 10.2 Å². The fourth-order valence-corrected chi connectivity index (χ4v) is 3.89. The van der Waals surface area contributed by atoms with Gasteiger partial charge in [0.1, 0.15) is 5.75 Å². The van der Waals surface area contributed by atoms with Crippen molar-refractivity contribution < 1.29 is 19.4 Å². The molecule has 0 aromatic heterocycles.